The van der Waals surface area contributed by atoms with Crippen molar-refractivity contribution in [1.29, 1.82) is 0 Å². The maximum Gasteiger partial charge on any atom is 0.258 e. The van der Waals surface area contributed by atoms with E-state index in [1.165, 1.54) is 15.9 Å². The summed E-state index contributed by atoms with van der Waals surface area (Å²) in [6.45, 7) is 0.490. The molecule has 0 saturated carbocycles. The monoisotopic (exact) mass is 498 g/mol. The van der Waals surface area contributed by atoms with Gasteiger partial charge in [-0.3, -0.25) is 4.79 Å². The van der Waals surface area contributed by atoms with Crippen molar-refractivity contribution in [2.24, 2.45) is 0 Å². The minimum Gasteiger partial charge on any atom is -0.307 e. The Morgan fingerprint density at radius 3 is 1.35 bits per heavy atom. The van der Waals surface area contributed by atoms with E-state index in [4.69, 9.17) is 0 Å². The number of rotatable bonds is 8. The van der Waals surface area contributed by atoms with E-state index in [-0.39, 0.29) is 5.91 Å². The Morgan fingerprint density at radius 2 is 0.919 bits per heavy atom. The summed E-state index contributed by atoms with van der Waals surface area (Å²) >= 11 is 0. The number of hydrogen-bond donors (Lipinski definition) is 0. The fourth-order valence-electron chi connectivity index (χ4n) is 4.59. The summed E-state index contributed by atoms with van der Waals surface area (Å²) in [5, 5.41) is 3.74. The summed E-state index contributed by atoms with van der Waals surface area (Å²) in [7, 11) is -2.22. The van der Waals surface area contributed by atoms with Gasteiger partial charge in [0.15, 0.2) is 0 Å². The molecule has 0 N–H and O–H groups in total. The van der Waals surface area contributed by atoms with Crippen LogP contribution in [0.1, 0.15) is 15.9 Å². The van der Waals surface area contributed by atoms with E-state index in [0.29, 0.717) is 12.1 Å². The number of hydrogen-bond acceptors (Lipinski definition) is 1. The average Bonchev–Trinajstić information content (AvgIpc) is 2.99. The van der Waals surface area contributed by atoms with Gasteiger partial charge in [0.25, 0.3) is 5.91 Å². The van der Waals surface area contributed by atoms with E-state index < -0.39 is 7.26 Å². The van der Waals surface area contributed by atoms with Crippen molar-refractivity contribution < 1.29 is 4.79 Å². The molecule has 3 heteroatoms. The van der Waals surface area contributed by atoms with E-state index in [0.717, 1.165) is 5.56 Å². The molecular formula is C34H29NOP+. The van der Waals surface area contributed by atoms with Gasteiger partial charge in [0.2, 0.25) is 0 Å². The second kappa shape index (κ2) is 11.6. The van der Waals surface area contributed by atoms with Crippen LogP contribution in [0.4, 0.5) is 0 Å². The number of carbonyl (C=O) groups excluding carboxylic acids is 1. The van der Waals surface area contributed by atoms with Crippen molar-refractivity contribution >= 4 is 29.1 Å². The first kappa shape index (κ1) is 24.4. The van der Waals surface area contributed by atoms with E-state index in [1.807, 2.05) is 59.6 Å². The molecule has 0 saturated heterocycles. The van der Waals surface area contributed by atoms with Gasteiger partial charge >= 0.3 is 0 Å². The van der Waals surface area contributed by atoms with Crippen LogP contribution in [0.5, 0.6) is 0 Å². The van der Waals surface area contributed by atoms with Crippen LogP contribution in [-0.4, -0.2) is 10.8 Å². The van der Waals surface area contributed by atoms with Crippen molar-refractivity contribution in [1.82, 2.24) is 4.90 Å². The normalized spacial score (nSPS) is 11.4. The molecular weight excluding hydrogens is 469 g/mol. The molecule has 1 amide bonds. The van der Waals surface area contributed by atoms with Gasteiger partial charge in [-0.05, 0) is 54.1 Å². The van der Waals surface area contributed by atoms with Crippen LogP contribution in [0, 0.1) is 0 Å². The highest BCUT2D eigenvalue weighted by molar-refractivity contribution is 7.98. The summed E-state index contributed by atoms with van der Waals surface area (Å²) in [4.78, 5) is 15.6. The minimum atomic E-state index is -2.22. The molecule has 37 heavy (non-hydrogen) atoms. The fourth-order valence-corrected chi connectivity index (χ4v) is 8.29. The Labute approximate surface area is 219 Å². The highest BCUT2D eigenvalue weighted by Crippen LogP contribution is 2.56. The molecule has 0 aromatic heterocycles. The maximum absolute atomic E-state index is 13.8. The Morgan fingerprint density at radius 1 is 0.541 bits per heavy atom. The van der Waals surface area contributed by atoms with Crippen LogP contribution >= 0.6 is 7.26 Å². The molecule has 0 fully saturated rings. The van der Waals surface area contributed by atoms with Gasteiger partial charge in [-0.15, -0.1) is 0 Å². The third-order valence-electron chi connectivity index (χ3n) is 6.44. The molecule has 5 aromatic carbocycles. The molecule has 180 valence electrons. The Balaban J connectivity index is 1.68. The van der Waals surface area contributed by atoms with Gasteiger partial charge in [0, 0.05) is 11.8 Å². The van der Waals surface area contributed by atoms with Crippen LogP contribution in [0.25, 0.3) is 0 Å². The molecule has 0 radical (unpaired) electrons. The van der Waals surface area contributed by atoms with Gasteiger partial charge in [-0.1, -0.05) is 103 Å². The predicted molar refractivity (Wildman–Crippen MR) is 157 cm³/mol. The van der Waals surface area contributed by atoms with Crippen molar-refractivity contribution in [3.63, 3.8) is 0 Å². The lowest BCUT2D eigenvalue weighted by molar-refractivity contribution is 0.0814. The molecule has 5 rings (SSSR count). The van der Waals surface area contributed by atoms with Gasteiger partial charge in [0.05, 0.1) is 12.4 Å². The molecule has 0 unspecified atom stereocenters. The number of nitrogens with zero attached hydrogens (tertiary/aromatic N) is 1. The Bertz CT molecular complexity index is 1340. The molecule has 0 atom stereocenters. The van der Waals surface area contributed by atoms with Gasteiger partial charge < -0.3 is 4.90 Å². The summed E-state index contributed by atoms with van der Waals surface area (Å²) < 4.78 is 0. The fraction of sp³-hybridized carbons (Fsp3) is 0.0294. The quantitative estimate of drug-likeness (QED) is 0.216. The predicted octanol–water partition coefficient (Wildman–Crippen LogP) is 6.79. The molecule has 0 heterocycles. The minimum absolute atomic E-state index is 0.0204. The topological polar surface area (TPSA) is 20.3 Å². The van der Waals surface area contributed by atoms with Crippen LogP contribution in [0.3, 0.4) is 0 Å². The van der Waals surface area contributed by atoms with E-state index >= 15 is 0 Å². The molecule has 0 aliphatic carbocycles. The number of carbonyl (C=O) groups is 1. The van der Waals surface area contributed by atoms with Gasteiger partial charge in [0.1, 0.15) is 23.2 Å². The van der Waals surface area contributed by atoms with Crippen LogP contribution in [0.2, 0.25) is 0 Å². The first-order valence-electron chi connectivity index (χ1n) is 12.4. The van der Waals surface area contributed by atoms with E-state index in [9.17, 15) is 4.79 Å². The van der Waals surface area contributed by atoms with Crippen LogP contribution in [-0.2, 0) is 6.54 Å². The molecule has 5 aromatic rings. The second-order valence-electron chi connectivity index (χ2n) is 8.81. The Hall–Kier alpha value is -4.26. The van der Waals surface area contributed by atoms with E-state index in [1.54, 1.807) is 0 Å². The zero-order valence-electron chi connectivity index (χ0n) is 20.6. The molecule has 0 aliphatic heterocycles. The van der Waals surface area contributed by atoms with Gasteiger partial charge in [-0.25, -0.2) is 0 Å². The summed E-state index contributed by atoms with van der Waals surface area (Å²) in [5.74, 6) is 2.27. The third-order valence-corrected chi connectivity index (χ3v) is 10.4. The summed E-state index contributed by atoms with van der Waals surface area (Å²) in [5.41, 5.74) is 1.76. The average molecular weight is 499 g/mol. The highest BCUT2D eigenvalue weighted by Gasteiger charge is 2.43. The third kappa shape index (κ3) is 5.45. The lowest BCUT2D eigenvalue weighted by atomic mass is 10.1. The highest BCUT2D eigenvalue weighted by atomic mass is 31.2. The summed E-state index contributed by atoms with van der Waals surface area (Å²) in [6, 6.07) is 51.7. The largest absolute Gasteiger partial charge is 0.307 e. The zero-order valence-corrected chi connectivity index (χ0v) is 21.5. The first-order valence-corrected chi connectivity index (χ1v) is 14.3. The second-order valence-corrected chi connectivity index (χ2v) is 12.1. The zero-order chi connectivity index (χ0) is 25.3. The van der Waals surface area contributed by atoms with Crippen LogP contribution < -0.4 is 15.9 Å². The number of amides is 1. The van der Waals surface area contributed by atoms with Crippen molar-refractivity contribution in [3.8, 4) is 0 Å². The standard InChI is InChI=1S/C34H29NOP/c36-34(30-18-8-2-9-19-30)35(28-29-16-6-1-7-17-29)26-27-37(31-20-10-3-11-21-31,32-22-12-4-13-23-32)33-24-14-5-15-25-33/h1-27H,28H2/q+1/b27-26+. The molecule has 2 nitrogen and oxygen atoms in total. The Kier molecular flexibility index (Phi) is 7.69. The molecule has 0 aliphatic rings. The van der Waals surface area contributed by atoms with Crippen molar-refractivity contribution in [2.75, 3.05) is 0 Å². The molecule has 0 spiro atoms. The van der Waals surface area contributed by atoms with Gasteiger partial charge in [-0.2, -0.15) is 0 Å². The smallest absolute Gasteiger partial charge is 0.258 e. The van der Waals surface area contributed by atoms with E-state index in [2.05, 4.69) is 109 Å². The van der Waals surface area contributed by atoms with Crippen molar-refractivity contribution in [2.45, 2.75) is 6.54 Å². The number of benzene rings is 5. The summed E-state index contributed by atoms with van der Waals surface area (Å²) in [6.07, 6.45) is 2.02. The van der Waals surface area contributed by atoms with Crippen molar-refractivity contribution in [3.05, 3.63) is 175 Å². The SMILES string of the molecule is O=C(c1ccccc1)N(/C=C/[P+](c1ccccc1)(c1ccccc1)c1ccccc1)Cc1ccccc1. The lowest BCUT2D eigenvalue weighted by Crippen LogP contribution is -2.31. The first-order chi connectivity index (χ1) is 18.3. The lowest BCUT2D eigenvalue weighted by Gasteiger charge is -2.26. The maximum atomic E-state index is 13.8. The molecule has 0 bridgehead atoms. The van der Waals surface area contributed by atoms with Crippen LogP contribution in [0.15, 0.2) is 164 Å².